The van der Waals surface area contributed by atoms with Gasteiger partial charge >= 0.3 is 5.97 Å². The van der Waals surface area contributed by atoms with E-state index in [0.717, 1.165) is 6.42 Å². The molecule has 26 heavy (non-hydrogen) atoms. The summed E-state index contributed by atoms with van der Waals surface area (Å²) in [5.41, 5.74) is 5.78. The van der Waals surface area contributed by atoms with Gasteiger partial charge in [0.05, 0.1) is 5.56 Å². The topological polar surface area (TPSA) is 37.3 Å². The first kappa shape index (κ1) is 18.4. The second kappa shape index (κ2) is 6.42. The number of rotatable bonds is 4. The Morgan fingerprint density at radius 2 is 1.50 bits per heavy atom. The summed E-state index contributed by atoms with van der Waals surface area (Å²) in [7, 11) is 0. The van der Waals surface area contributed by atoms with Gasteiger partial charge in [0, 0.05) is 10.8 Å². The minimum absolute atomic E-state index is 0.0454. The lowest BCUT2D eigenvalue weighted by Gasteiger charge is -2.37. The highest BCUT2D eigenvalue weighted by Gasteiger charge is 2.32. The first-order chi connectivity index (χ1) is 12.1. The summed E-state index contributed by atoms with van der Waals surface area (Å²) in [6.45, 7) is 11.3. The van der Waals surface area contributed by atoms with Crippen LogP contribution in [0.1, 0.15) is 73.1 Å². The molecular weight excluding hydrogens is 320 g/mol. The predicted octanol–water partition coefficient (Wildman–Crippen LogP) is 5.86. The van der Waals surface area contributed by atoms with Crippen LogP contribution in [0.2, 0.25) is 0 Å². The van der Waals surface area contributed by atoms with E-state index in [1.54, 1.807) is 12.1 Å². The smallest absolute Gasteiger partial charge is 0.335 e. The molecule has 1 aliphatic rings. The van der Waals surface area contributed by atoms with Crippen molar-refractivity contribution in [1.82, 2.24) is 0 Å². The molecule has 3 rings (SSSR count). The van der Waals surface area contributed by atoms with Crippen molar-refractivity contribution >= 4 is 5.97 Å². The van der Waals surface area contributed by atoms with Crippen molar-refractivity contribution in [2.45, 2.75) is 57.8 Å². The van der Waals surface area contributed by atoms with Crippen LogP contribution < -0.4 is 0 Å². The Bertz CT molecular complexity index is 854. The summed E-state index contributed by atoms with van der Waals surface area (Å²) in [6, 6.07) is 14.1. The number of hydrogen-bond acceptors (Lipinski definition) is 1. The van der Waals surface area contributed by atoms with Crippen LogP contribution >= 0.6 is 0 Å². The maximum atomic E-state index is 11.0. The molecule has 0 spiro atoms. The number of carboxylic acid groups (broad SMARTS) is 1. The van der Waals surface area contributed by atoms with Crippen molar-refractivity contribution in [2.75, 3.05) is 0 Å². The van der Waals surface area contributed by atoms with Crippen LogP contribution in [0.15, 0.2) is 54.6 Å². The van der Waals surface area contributed by atoms with Crippen molar-refractivity contribution < 1.29 is 9.90 Å². The molecule has 0 saturated carbocycles. The molecule has 136 valence electrons. The zero-order chi connectivity index (χ0) is 19.1. The molecule has 1 atom stereocenters. The number of hydrogen-bond donors (Lipinski definition) is 1. The van der Waals surface area contributed by atoms with Gasteiger partial charge in [0.1, 0.15) is 0 Å². The van der Waals surface area contributed by atoms with Crippen LogP contribution in [0, 0.1) is 0 Å². The van der Waals surface area contributed by atoms with Crippen LogP contribution in [0.25, 0.3) is 0 Å². The molecule has 0 saturated heterocycles. The molecule has 2 aromatic rings. The monoisotopic (exact) mass is 348 g/mol. The molecule has 1 N–H and O–H groups in total. The average molecular weight is 348 g/mol. The highest BCUT2D eigenvalue weighted by atomic mass is 16.4. The first-order valence-corrected chi connectivity index (χ1v) is 9.28. The van der Waals surface area contributed by atoms with E-state index in [2.05, 4.69) is 65.0 Å². The maximum Gasteiger partial charge on any atom is 0.335 e. The Hall–Kier alpha value is -2.35. The summed E-state index contributed by atoms with van der Waals surface area (Å²) >= 11 is 0. The average Bonchev–Trinajstić information content (AvgIpc) is 2.59. The van der Waals surface area contributed by atoms with Gasteiger partial charge in [-0.15, -0.1) is 0 Å². The molecule has 0 fully saturated rings. The number of allylic oxidation sites excluding steroid dienone is 2. The molecule has 0 aromatic heterocycles. The molecule has 0 radical (unpaired) electrons. The standard InChI is InChI=1S/C24H28O2/c1-16(14-17-6-8-18(9-7-17)22(25)26)19-10-11-20-21(15-19)24(4,5)13-12-23(20,2)3/h6-13,15-16H,14H2,1-5H3,(H,25,26). The van der Waals surface area contributed by atoms with Gasteiger partial charge in [0.15, 0.2) is 0 Å². The highest BCUT2D eigenvalue weighted by Crippen LogP contribution is 2.42. The zero-order valence-corrected chi connectivity index (χ0v) is 16.3. The second-order valence-corrected chi connectivity index (χ2v) is 8.69. The molecule has 0 amide bonds. The lowest BCUT2D eigenvalue weighted by molar-refractivity contribution is 0.0697. The third-order valence-electron chi connectivity index (χ3n) is 5.66. The number of carbonyl (C=O) groups is 1. The fourth-order valence-electron chi connectivity index (χ4n) is 3.81. The van der Waals surface area contributed by atoms with Crippen LogP contribution in [-0.2, 0) is 17.3 Å². The van der Waals surface area contributed by atoms with Crippen LogP contribution in [0.5, 0.6) is 0 Å². The number of fused-ring (bicyclic) bond motifs is 1. The molecule has 1 unspecified atom stereocenters. The Morgan fingerprint density at radius 3 is 2.08 bits per heavy atom. The Balaban J connectivity index is 1.87. The van der Waals surface area contributed by atoms with Crippen LogP contribution in [0.4, 0.5) is 0 Å². The molecule has 0 aliphatic heterocycles. The highest BCUT2D eigenvalue weighted by molar-refractivity contribution is 5.87. The van der Waals surface area contributed by atoms with Gasteiger partial charge in [0.25, 0.3) is 0 Å². The second-order valence-electron chi connectivity index (χ2n) is 8.69. The number of carboxylic acids is 1. The van der Waals surface area contributed by atoms with Crippen molar-refractivity contribution in [3.05, 3.63) is 82.4 Å². The molecule has 2 nitrogen and oxygen atoms in total. The number of benzene rings is 2. The Labute approximate surface area is 156 Å². The Kier molecular flexibility index (Phi) is 4.56. The molecular formula is C24H28O2. The van der Waals surface area contributed by atoms with Gasteiger partial charge in [0.2, 0.25) is 0 Å². The van der Waals surface area contributed by atoms with E-state index < -0.39 is 5.97 Å². The van der Waals surface area contributed by atoms with E-state index in [1.807, 2.05) is 12.1 Å². The third kappa shape index (κ3) is 3.46. The summed E-state index contributed by atoms with van der Waals surface area (Å²) in [5.74, 6) is -0.502. The van der Waals surface area contributed by atoms with E-state index in [9.17, 15) is 4.79 Å². The van der Waals surface area contributed by atoms with E-state index in [0.29, 0.717) is 11.5 Å². The van der Waals surface area contributed by atoms with Gasteiger partial charge in [-0.25, -0.2) is 4.79 Å². The van der Waals surface area contributed by atoms with Crippen molar-refractivity contribution in [3.63, 3.8) is 0 Å². The van der Waals surface area contributed by atoms with Gasteiger partial charge in [-0.3, -0.25) is 0 Å². The van der Waals surface area contributed by atoms with E-state index in [1.165, 1.54) is 22.3 Å². The molecule has 0 heterocycles. The summed E-state index contributed by atoms with van der Waals surface area (Å²) in [6.07, 6.45) is 5.55. The van der Waals surface area contributed by atoms with Gasteiger partial charge in [-0.1, -0.05) is 77.1 Å². The summed E-state index contributed by atoms with van der Waals surface area (Å²) < 4.78 is 0. The predicted molar refractivity (Wildman–Crippen MR) is 107 cm³/mol. The number of aromatic carboxylic acids is 1. The fraction of sp³-hybridized carbons (Fsp3) is 0.375. The van der Waals surface area contributed by atoms with E-state index in [-0.39, 0.29) is 10.8 Å². The normalized spacial score (nSPS) is 18.2. The lowest BCUT2D eigenvalue weighted by Crippen LogP contribution is -2.29. The molecule has 0 bridgehead atoms. The van der Waals surface area contributed by atoms with Crippen molar-refractivity contribution in [3.8, 4) is 0 Å². The van der Waals surface area contributed by atoms with Gasteiger partial charge in [-0.05, 0) is 46.7 Å². The van der Waals surface area contributed by atoms with Gasteiger partial charge in [-0.2, -0.15) is 0 Å². The summed E-state index contributed by atoms with van der Waals surface area (Å²) in [5, 5.41) is 9.03. The maximum absolute atomic E-state index is 11.0. The molecule has 1 aliphatic carbocycles. The van der Waals surface area contributed by atoms with Crippen molar-refractivity contribution in [1.29, 1.82) is 0 Å². The SMILES string of the molecule is CC(Cc1ccc(C(=O)O)cc1)c1ccc2c(c1)C(C)(C)C=CC2(C)C. The van der Waals surface area contributed by atoms with E-state index in [4.69, 9.17) is 5.11 Å². The van der Waals surface area contributed by atoms with Crippen molar-refractivity contribution in [2.24, 2.45) is 0 Å². The fourth-order valence-corrected chi connectivity index (χ4v) is 3.81. The lowest BCUT2D eigenvalue weighted by atomic mass is 9.67. The van der Waals surface area contributed by atoms with Gasteiger partial charge < -0.3 is 5.11 Å². The molecule has 2 aromatic carbocycles. The third-order valence-corrected chi connectivity index (χ3v) is 5.66. The first-order valence-electron chi connectivity index (χ1n) is 9.28. The minimum Gasteiger partial charge on any atom is -0.478 e. The van der Waals surface area contributed by atoms with Crippen LogP contribution in [0.3, 0.4) is 0 Å². The van der Waals surface area contributed by atoms with E-state index >= 15 is 0 Å². The molecule has 2 heteroatoms. The quantitative estimate of drug-likeness (QED) is 0.703. The largest absolute Gasteiger partial charge is 0.478 e. The Morgan fingerprint density at radius 1 is 0.923 bits per heavy atom. The zero-order valence-electron chi connectivity index (χ0n) is 16.3. The minimum atomic E-state index is -0.878. The summed E-state index contributed by atoms with van der Waals surface area (Å²) in [4.78, 5) is 11.0. The van der Waals surface area contributed by atoms with Crippen LogP contribution in [-0.4, -0.2) is 11.1 Å².